The lowest BCUT2D eigenvalue weighted by atomic mass is 10.0. The van der Waals surface area contributed by atoms with Crippen molar-refractivity contribution in [1.82, 2.24) is 9.78 Å². The maximum atomic E-state index is 11.5. The maximum Gasteiger partial charge on any atom is 0.178 e. The summed E-state index contributed by atoms with van der Waals surface area (Å²) in [6.45, 7) is 2.00. The van der Waals surface area contributed by atoms with Crippen LogP contribution >= 0.6 is 11.3 Å². The number of nitrogens with two attached hydrogens (primary N) is 1. The molecule has 0 aliphatic carbocycles. The molecule has 5 nitrogen and oxygen atoms in total. The minimum atomic E-state index is -3.24. The summed E-state index contributed by atoms with van der Waals surface area (Å²) in [6, 6.07) is 1.75. The van der Waals surface area contributed by atoms with Crippen molar-refractivity contribution in [2.24, 2.45) is 5.73 Å². The first kappa shape index (κ1) is 14.2. The quantitative estimate of drug-likeness (QED) is 0.911. The summed E-state index contributed by atoms with van der Waals surface area (Å²) in [4.78, 5) is 0.219. The minimum absolute atomic E-state index is 0.109. The molecule has 2 rings (SSSR count). The second-order valence-electron chi connectivity index (χ2n) is 4.50. The van der Waals surface area contributed by atoms with E-state index in [2.05, 4.69) is 5.10 Å². The van der Waals surface area contributed by atoms with Crippen LogP contribution in [0, 0.1) is 0 Å². The van der Waals surface area contributed by atoms with Gasteiger partial charge in [0.25, 0.3) is 0 Å². The monoisotopic (exact) mass is 299 g/mol. The number of hydrogen-bond acceptors (Lipinski definition) is 5. The Morgan fingerprint density at radius 3 is 2.74 bits per heavy atom. The Hall–Kier alpha value is -1.18. The summed E-state index contributed by atoms with van der Waals surface area (Å²) in [6.07, 6.45) is 4.88. The summed E-state index contributed by atoms with van der Waals surface area (Å²) in [5, 5.41) is 8.16. The largest absolute Gasteiger partial charge is 0.326 e. The van der Waals surface area contributed by atoms with E-state index in [0.29, 0.717) is 0 Å². The van der Waals surface area contributed by atoms with Gasteiger partial charge in [-0.05, 0) is 28.8 Å². The molecular weight excluding hydrogens is 282 g/mol. The molecule has 0 aliphatic heterocycles. The second-order valence-corrected chi connectivity index (χ2v) is 7.30. The molecule has 0 saturated carbocycles. The fraction of sp³-hybridized carbons (Fsp3) is 0.417. The lowest BCUT2D eigenvalue weighted by Gasteiger charge is -2.22. The summed E-state index contributed by atoms with van der Waals surface area (Å²) < 4.78 is 24.7. The lowest BCUT2D eigenvalue weighted by molar-refractivity contribution is 0.424. The zero-order chi connectivity index (χ0) is 14.0. The van der Waals surface area contributed by atoms with Crippen molar-refractivity contribution in [1.29, 1.82) is 0 Å². The van der Waals surface area contributed by atoms with Crippen LogP contribution < -0.4 is 5.73 Å². The van der Waals surface area contributed by atoms with Crippen molar-refractivity contribution in [3.63, 3.8) is 0 Å². The third-order valence-corrected chi connectivity index (χ3v) is 4.82. The van der Waals surface area contributed by atoms with Crippen molar-refractivity contribution in [3.05, 3.63) is 34.8 Å². The van der Waals surface area contributed by atoms with Crippen molar-refractivity contribution < 1.29 is 8.42 Å². The van der Waals surface area contributed by atoms with Gasteiger partial charge in [0, 0.05) is 18.5 Å². The van der Waals surface area contributed by atoms with Gasteiger partial charge in [-0.15, -0.1) is 0 Å². The molecule has 0 aromatic carbocycles. The molecule has 0 bridgehead atoms. The molecule has 0 amide bonds. The minimum Gasteiger partial charge on any atom is -0.326 e. The second kappa shape index (κ2) is 5.44. The molecule has 2 heterocycles. The van der Waals surface area contributed by atoms with E-state index in [1.54, 1.807) is 22.2 Å². The average Bonchev–Trinajstić information content (AvgIpc) is 2.99. The molecule has 19 heavy (non-hydrogen) atoms. The van der Waals surface area contributed by atoms with Crippen molar-refractivity contribution in [2.45, 2.75) is 30.3 Å². The first-order chi connectivity index (χ1) is 8.93. The topological polar surface area (TPSA) is 78.0 Å². The van der Waals surface area contributed by atoms with Gasteiger partial charge in [-0.3, -0.25) is 4.68 Å². The highest BCUT2D eigenvalue weighted by molar-refractivity contribution is 7.90. The third-order valence-electron chi connectivity index (χ3n) is 3.05. The Labute approximate surface area is 117 Å². The first-order valence-corrected chi connectivity index (χ1v) is 8.78. The highest BCUT2D eigenvalue weighted by Gasteiger charge is 2.23. The van der Waals surface area contributed by atoms with Crippen LogP contribution in [-0.2, 0) is 9.84 Å². The molecule has 104 valence electrons. The van der Waals surface area contributed by atoms with Gasteiger partial charge in [0.1, 0.15) is 4.90 Å². The van der Waals surface area contributed by atoms with Crippen LogP contribution in [-0.4, -0.2) is 30.5 Å². The smallest absolute Gasteiger partial charge is 0.178 e. The molecule has 2 aromatic heterocycles. The Kier molecular flexibility index (Phi) is 4.07. The summed E-state index contributed by atoms with van der Waals surface area (Å²) in [5.41, 5.74) is 7.21. The van der Waals surface area contributed by atoms with Gasteiger partial charge in [0.2, 0.25) is 0 Å². The molecule has 2 unspecified atom stereocenters. The molecule has 2 aromatic rings. The first-order valence-electron chi connectivity index (χ1n) is 5.95. The van der Waals surface area contributed by atoms with Gasteiger partial charge in [-0.1, -0.05) is 6.92 Å². The molecule has 2 N–H and O–H groups in total. The van der Waals surface area contributed by atoms with Gasteiger partial charge in [0.05, 0.1) is 12.2 Å². The van der Waals surface area contributed by atoms with E-state index in [9.17, 15) is 8.42 Å². The van der Waals surface area contributed by atoms with Crippen LogP contribution in [0.5, 0.6) is 0 Å². The number of nitrogens with zero attached hydrogens (tertiary/aromatic N) is 2. The van der Waals surface area contributed by atoms with Gasteiger partial charge < -0.3 is 5.73 Å². The number of thiophene rings is 1. The van der Waals surface area contributed by atoms with Crippen LogP contribution in [0.4, 0.5) is 0 Å². The fourth-order valence-electron chi connectivity index (χ4n) is 1.93. The van der Waals surface area contributed by atoms with Crippen LogP contribution in [0.2, 0.25) is 0 Å². The fourth-order valence-corrected chi connectivity index (χ4v) is 3.15. The molecule has 0 saturated heterocycles. The predicted molar refractivity (Wildman–Crippen MR) is 76.1 cm³/mol. The SMILES string of the molecule is CCC(N)C(c1ccsc1)n1cc(S(C)(=O)=O)cn1. The molecule has 0 aliphatic rings. The van der Waals surface area contributed by atoms with Crippen LogP contribution in [0.15, 0.2) is 34.1 Å². The Balaban J connectivity index is 2.42. The van der Waals surface area contributed by atoms with Crippen molar-refractivity contribution in [2.75, 3.05) is 6.26 Å². The van der Waals surface area contributed by atoms with E-state index in [1.807, 2.05) is 23.8 Å². The van der Waals surface area contributed by atoms with Gasteiger partial charge in [0.15, 0.2) is 9.84 Å². The predicted octanol–water partition coefficient (Wildman–Crippen LogP) is 1.67. The van der Waals surface area contributed by atoms with Crippen LogP contribution in [0.25, 0.3) is 0 Å². The van der Waals surface area contributed by atoms with E-state index in [1.165, 1.54) is 12.5 Å². The summed E-state index contributed by atoms with van der Waals surface area (Å²) in [7, 11) is -3.24. The van der Waals surface area contributed by atoms with E-state index >= 15 is 0 Å². The van der Waals surface area contributed by atoms with Gasteiger partial charge in [-0.2, -0.15) is 16.4 Å². The molecule has 0 radical (unpaired) electrons. The standard InChI is InChI=1S/C12H17N3O2S2/c1-3-11(13)12(9-4-5-18-8-9)15-7-10(6-14-15)19(2,16)17/h4-8,11-12H,3,13H2,1-2H3. The number of aromatic nitrogens is 2. The normalized spacial score (nSPS) is 15.3. The zero-order valence-corrected chi connectivity index (χ0v) is 12.5. The van der Waals surface area contributed by atoms with Crippen molar-refractivity contribution >= 4 is 21.2 Å². The highest BCUT2D eigenvalue weighted by atomic mass is 32.2. The number of rotatable bonds is 5. The Bertz CT molecular complexity index is 632. The lowest BCUT2D eigenvalue weighted by Crippen LogP contribution is -2.32. The summed E-state index contributed by atoms with van der Waals surface area (Å²) >= 11 is 1.59. The Morgan fingerprint density at radius 2 is 2.26 bits per heavy atom. The average molecular weight is 299 g/mol. The van der Waals surface area contributed by atoms with Crippen LogP contribution in [0.3, 0.4) is 0 Å². The zero-order valence-electron chi connectivity index (χ0n) is 10.9. The summed E-state index contributed by atoms with van der Waals surface area (Å²) in [5.74, 6) is 0. The molecule has 2 atom stereocenters. The van der Waals surface area contributed by atoms with Gasteiger partial charge in [-0.25, -0.2) is 8.42 Å². The molecule has 0 fully saturated rings. The van der Waals surface area contributed by atoms with Crippen molar-refractivity contribution in [3.8, 4) is 0 Å². The van der Waals surface area contributed by atoms with E-state index < -0.39 is 9.84 Å². The van der Waals surface area contributed by atoms with E-state index in [4.69, 9.17) is 5.73 Å². The third kappa shape index (κ3) is 3.05. The number of sulfone groups is 1. The van der Waals surface area contributed by atoms with Gasteiger partial charge >= 0.3 is 0 Å². The highest BCUT2D eigenvalue weighted by Crippen LogP contribution is 2.25. The van der Waals surface area contributed by atoms with E-state index in [0.717, 1.165) is 12.0 Å². The molecular formula is C12H17N3O2S2. The van der Waals surface area contributed by atoms with Crippen LogP contribution in [0.1, 0.15) is 24.9 Å². The maximum absolute atomic E-state index is 11.5. The Morgan fingerprint density at radius 1 is 1.53 bits per heavy atom. The van der Waals surface area contributed by atoms with E-state index in [-0.39, 0.29) is 17.0 Å². The number of hydrogen-bond donors (Lipinski definition) is 1. The molecule has 0 spiro atoms. The molecule has 7 heteroatoms.